The van der Waals surface area contributed by atoms with E-state index >= 15 is 0 Å². The second kappa shape index (κ2) is 4.01. The Hall–Kier alpha value is -2.50. The highest BCUT2D eigenvalue weighted by molar-refractivity contribution is 6.52. The Morgan fingerprint density at radius 1 is 1.32 bits per heavy atom. The molecule has 1 aromatic carbocycles. The Morgan fingerprint density at radius 3 is 2.79 bits per heavy atom. The van der Waals surface area contributed by atoms with Crippen molar-refractivity contribution >= 4 is 17.4 Å². The zero-order valence-electron chi connectivity index (χ0n) is 10.1. The van der Waals surface area contributed by atoms with Crippen LogP contribution in [0.3, 0.4) is 0 Å². The summed E-state index contributed by atoms with van der Waals surface area (Å²) in [5.41, 5.74) is 0.912. The summed E-state index contributed by atoms with van der Waals surface area (Å²) in [6, 6.07) is 4.12. The smallest absolute Gasteiger partial charge is 0.297 e. The third kappa shape index (κ3) is 1.72. The number of ketones is 1. The SMILES string of the molecule is Cn1cc(CN2C(=O)C(=O)c3cccc(F)c32)cn1. The number of halogens is 1. The topological polar surface area (TPSA) is 55.2 Å². The Morgan fingerprint density at radius 2 is 2.11 bits per heavy atom. The van der Waals surface area contributed by atoms with E-state index < -0.39 is 17.5 Å². The highest BCUT2D eigenvalue weighted by Gasteiger charge is 2.37. The van der Waals surface area contributed by atoms with E-state index in [1.165, 1.54) is 18.2 Å². The molecule has 1 aromatic heterocycles. The molecule has 2 heterocycles. The minimum Gasteiger partial charge on any atom is -0.297 e. The second-order valence-electron chi connectivity index (χ2n) is 4.38. The zero-order chi connectivity index (χ0) is 13.6. The van der Waals surface area contributed by atoms with Crippen LogP contribution in [0.5, 0.6) is 0 Å². The maximum atomic E-state index is 13.8. The average molecular weight is 259 g/mol. The predicted molar refractivity (Wildman–Crippen MR) is 65.1 cm³/mol. The number of nitrogens with zero attached hydrogens (tertiary/aromatic N) is 3. The number of hydrogen-bond acceptors (Lipinski definition) is 3. The van der Waals surface area contributed by atoms with Crippen molar-refractivity contribution in [3.05, 3.63) is 47.5 Å². The molecule has 5 nitrogen and oxygen atoms in total. The van der Waals surface area contributed by atoms with Crippen LogP contribution in [-0.4, -0.2) is 21.5 Å². The summed E-state index contributed by atoms with van der Waals surface area (Å²) < 4.78 is 15.4. The van der Waals surface area contributed by atoms with Crippen molar-refractivity contribution in [2.45, 2.75) is 6.54 Å². The van der Waals surface area contributed by atoms with Gasteiger partial charge in [0.05, 0.1) is 24.0 Å². The summed E-state index contributed by atoms with van der Waals surface area (Å²) in [6.45, 7) is 0.131. The molecule has 3 rings (SSSR count). The third-order valence-electron chi connectivity index (χ3n) is 3.04. The molecule has 1 aliphatic rings. The molecule has 0 bridgehead atoms. The molecular formula is C13H10FN3O2. The number of carbonyl (C=O) groups excluding carboxylic acids is 2. The Kier molecular flexibility index (Phi) is 2.45. The number of amides is 1. The molecule has 1 amide bonds. The summed E-state index contributed by atoms with van der Waals surface area (Å²) in [7, 11) is 1.75. The van der Waals surface area contributed by atoms with E-state index in [1.54, 1.807) is 24.1 Å². The van der Waals surface area contributed by atoms with Crippen molar-refractivity contribution < 1.29 is 14.0 Å². The highest BCUT2D eigenvalue weighted by Crippen LogP contribution is 2.32. The van der Waals surface area contributed by atoms with Crippen LogP contribution in [0.15, 0.2) is 30.6 Å². The molecule has 0 spiro atoms. The van der Waals surface area contributed by atoms with Gasteiger partial charge in [-0.3, -0.25) is 19.2 Å². The Bertz CT molecular complexity index is 693. The molecule has 1 aliphatic heterocycles. The van der Waals surface area contributed by atoms with Crippen LogP contribution >= 0.6 is 0 Å². The number of aryl methyl sites for hydroxylation is 1. The first-order valence-corrected chi connectivity index (χ1v) is 5.70. The van der Waals surface area contributed by atoms with Crippen LogP contribution < -0.4 is 4.90 Å². The van der Waals surface area contributed by atoms with Crippen molar-refractivity contribution in [2.75, 3.05) is 4.90 Å². The first-order chi connectivity index (χ1) is 9.08. The Balaban J connectivity index is 2.04. The van der Waals surface area contributed by atoms with Gasteiger partial charge in [-0.05, 0) is 12.1 Å². The summed E-state index contributed by atoms with van der Waals surface area (Å²) in [5, 5.41) is 3.98. The lowest BCUT2D eigenvalue weighted by atomic mass is 10.1. The summed E-state index contributed by atoms with van der Waals surface area (Å²) in [5.74, 6) is -1.94. The molecular weight excluding hydrogens is 249 g/mol. The number of Topliss-reactive ketones (excluding diaryl/α,β-unsaturated/α-hetero) is 1. The van der Waals surface area contributed by atoms with E-state index in [0.29, 0.717) is 0 Å². The molecule has 0 unspecified atom stereocenters. The first kappa shape index (κ1) is 11.6. The fourth-order valence-corrected chi connectivity index (χ4v) is 2.20. The quantitative estimate of drug-likeness (QED) is 0.764. The lowest BCUT2D eigenvalue weighted by Crippen LogP contribution is -2.29. The van der Waals surface area contributed by atoms with Crippen LogP contribution in [0.4, 0.5) is 10.1 Å². The van der Waals surface area contributed by atoms with Crippen LogP contribution in [-0.2, 0) is 18.4 Å². The van der Waals surface area contributed by atoms with E-state index in [0.717, 1.165) is 10.5 Å². The molecule has 19 heavy (non-hydrogen) atoms. The number of anilines is 1. The molecule has 0 saturated heterocycles. The van der Waals surface area contributed by atoms with Crippen LogP contribution in [0.25, 0.3) is 0 Å². The fraction of sp³-hybridized carbons (Fsp3) is 0.154. The largest absolute Gasteiger partial charge is 0.299 e. The lowest BCUT2D eigenvalue weighted by Gasteiger charge is -2.15. The van der Waals surface area contributed by atoms with Crippen LogP contribution in [0, 0.1) is 5.82 Å². The van der Waals surface area contributed by atoms with Gasteiger partial charge in [0, 0.05) is 18.8 Å². The van der Waals surface area contributed by atoms with Gasteiger partial charge in [0.25, 0.3) is 11.7 Å². The van der Waals surface area contributed by atoms with E-state index in [4.69, 9.17) is 0 Å². The number of hydrogen-bond donors (Lipinski definition) is 0. The van der Waals surface area contributed by atoms with Crippen molar-refractivity contribution in [1.29, 1.82) is 0 Å². The maximum Gasteiger partial charge on any atom is 0.299 e. The van der Waals surface area contributed by atoms with Crippen LogP contribution in [0.2, 0.25) is 0 Å². The number of rotatable bonds is 2. The molecule has 96 valence electrons. The molecule has 0 aliphatic carbocycles. The standard InChI is InChI=1S/C13H10FN3O2/c1-16-6-8(5-15-16)7-17-11-9(12(18)13(17)19)3-2-4-10(11)14/h2-6H,7H2,1H3. The average Bonchev–Trinajstić information content (AvgIpc) is 2.89. The predicted octanol–water partition coefficient (Wildman–Crippen LogP) is 1.29. The second-order valence-corrected chi connectivity index (χ2v) is 4.38. The van der Waals surface area contributed by atoms with Gasteiger partial charge in [0.2, 0.25) is 0 Å². The van der Waals surface area contributed by atoms with E-state index in [2.05, 4.69) is 5.10 Å². The molecule has 0 N–H and O–H groups in total. The fourth-order valence-electron chi connectivity index (χ4n) is 2.20. The van der Waals surface area contributed by atoms with Gasteiger partial charge in [0.15, 0.2) is 0 Å². The van der Waals surface area contributed by atoms with Crippen LogP contribution in [0.1, 0.15) is 15.9 Å². The molecule has 2 aromatic rings. The van der Waals surface area contributed by atoms with Gasteiger partial charge in [-0.25, -0.2) is 4.39 Å². The molecule has 0 atom stereocenters. The molecule has 6 heteroatoms. The number of fused-ring (bicyclic) bond motifs is 1. The monoisotopic (exact) mass is 259 g/mol. The van der Waals surface area contributed by atoms with Gasteiger partial charge in [-0.2, -0.15) is 5.10 Å². The number of carbonyl (C=O) groups is 2. The van der Waals surface area contributed by atoms with E-state index in [1.807, 2.05) is 0 Å². The first-order valence-electron chi connectivity index (χ1n) is 5.70. The van der Waals surface area contributed by atoms with Gasteiger partial charge in [-0.15, -0.1) is 0 Å². The van der Waals surface area contributed by atoms with Gasteiger partial charge < -0.3 is 0 Å². The van der Waals surface area contributed by atoms with Gasteiger partial charge in [0.1, 0.15) is 5.82 Å². The summed E-state index contributed by atoms with van der Waals surface area (Å²) in [6.07, 6.45) is 3.30. The number of benzene rings is 1. The van der Waals surface area contributed by atoms with Crippen molar-refractivity contribution in [3.8, 4) is 0 Å². The molecule has 0 radical (unpaired) electrons. The molecule has 0 saturated carbocycles. The summed E-state index contributed by atoms with van der Waals surface area (Å²) in [4.78, 5) is 24.8. The van der Waals surface area contributed by atoms with Crippen molar-refractivity contribution in [1.82, 2.24) is 9.78 Å². The number of para-hydroxylation sites is 1. The van der Waals surface area contributed by atoms with E-state index in [9.17, 15) is 14.0 Å². The van der Waals surface area contributed by atoms with E-state index in [-0.39, 0.29) is 17.8 Å². The number of aromatic nitrogens is 2. The normalized spacial score (nSPS) is 14.1. The summed E-state index contributed by atoms with van der Waals surface area (Å²) >= 11 is 0. The lowest BCUT2D eigenvalue weighted by molar-refractivity contribution is -0.114. The Labute approximate surface area is 108 Å². The minimum absolute atomic E-state index is 0.0568. The minimum atomic E-state index is -0.705. The van der Waals surface area contributed by atoms with Crippen molar-refractivity contribution in [2.24, 2.45) is 7.05 Å². The molecule has 0 fully saturated rings. The zero-order valence-corrected chi connectivity index (χ0v) is 10.1. The highest BCUT2D eigenvalue weighted by atomic mass is 19.1. The van der Waals surface area contributed by atoms with Crippen molar-refractivity contribution in [3.63, 3.8) is 0 Å². The van der Waals surface area contributed by atoms with Gasteiger partial charge >= 0.3 is 0 Å². The maximum absolute atomic E-state index is 13.8. The third-order valence-corrected chi connectivity index (χ3v) is 3.04. The van der Waals surface area contributed by atoms with Gasteiger partial charge in [-0.1, -0.05) is 6.07 Å².